The monoisotopic (exact) mass is 292 g/mol. The Kier molecular flexibility index (Phi) is 6.25. The Morgan fingerprint density at radius 3 is 3.05 bits per heavy atom. The van der Waals surface area contributed by atoms with Crippen molar-refractivity contribution in [1.29, 1.82) is 0 Å². The maximum atomic E-state index is 12.0. The summed E-state index contributed by atoms with van der Waals surface area (Å²) in [4.78, 5) is 12.0. The van der Waals surface area contributed by atoms with Gasteiger partial charge in [0.05, 0.1) is 0 Å². The third-order valence-corrected chi connectivity index (χ3v) is 4.42. The predicted octanol–water partition coefficient (Wildman–Crippen LogP) is 3.24. The second-order valence-electron chi connectivity index (χ2n) is 5.27. The minimum absolute atomic E-state index is 0.179. The Bertz CT molecular complexity index is 436. The molecule has 1 unspecified atom stereocenters. The molecule has 0 bridgehead atoms. The zero-order chi connectivity index (χ0) is 14.2. The highest BCUT2D eigenvalue weighted by Gasteiger charge is 2.23. The maximum absolute atomic E-state index is 12.0. The van der Waals surface area contributed by atoms with Gasteiger partial charge in [-0.05, 0) is 36.5 Å². The van der Waals surface area contributed by atoms with Crippen molar-refractivity contribution < 1.29 is 4.79 Å². The number of benzene rings is 1. The smallest absolute Gasteiger partial charge is 0.220 e. The van der Waals surface area contributed by atoms with E-state index in [1.165, 1.54) is 29.8 Å². The first-order valence-corrected chi connectivity index (χ1v) is 8.79. The second-order valence-corrected chi connectivity index (χ2v) is 6.26. The maximum Gasteiger partial charge on any atom is 0.220 e. The van der Waals surface area contributed by atoms with Gasteiger partial charge in [-0.3, -0.25) is 4.79 Å². The molecule has 3 nitrogen and oxygen atoms in total. The molecule has 0 saturated carbocycles. The van der Waals surface area contributed by atoms with Crippen LogP contribution in [0.1, 0.15) is 37.2 Å². The average molecular weight is 292 g/mol. The van der Waals surface area contributed by atoms with E-state index in [9.17, 15) is 4.79 Å². The van der Waals surface area contributed by atoms with Crippen molar-refractivity contribution in [3.05, 3.63) is 29.8 Å². The molecule has 0 fully saturated rings. The second kappa shape index (κ2) is 8.20. The van der Waals surface area contributed by atoms with Gasteiger partial charge in [0.15, 0.2) is 0 Å². The van der Waals surface area contributed by atoms with Gasteiger partial charge in [-0.2, -0.15) is 11.8 Å². The van der Waals surface area contributed by atoms with Gasteiger partial charge >= 0.3 is 0 Å². The van der Waals surface area contributed by atoms with Gasteiger partial charge in [0.25, 0.3) is 0 Å². The van der Waals surface area contributed by atoms with Crippen molar-refractivity contribution in [1.82, 2.24) is 5.32 Å². The average Bonchev–Trinajstić information content (AvgIpc) is 2.86. The summed E-state index contributed by atoms with van der Waals surface area (Å²) in [6.07, 6.45) is 6.27. The minimum Gasteiger partial charge on any atom is -0.384 e. The van der Waals surface area contributed by atoms with Crippen LogP contribution in [0.4, 0.5) is 5.69 Å². The normalized spacial score (nSPS) is 16.6. The molecule has 1 aliphatic heterocycles. The molecule has 0 saturated heterocycles. The minimum atomic E-state index is 0.179. The summed E-state index contributed by atoms with van der Waals surface area (Å²) in [5.74, 6) is 1.72. The quantitative estimate of drug-likeness (QED) is 0.723. The van der Waals surface area contributed by atoms with E-state index in [1.807, 2.05) is 23.9 Å². The third-order valence-electron chi connectivity index (χ3n) is 3.72. The summed E-state index contributed by atoms with van der Waals surface area (Å²) in [7, 11) is 0. The molecule has 0 aromatic heterocycles. The number of thioether (sulfide) groups is 1. The van der Waals surface area contributed by atoms with E-state index in [0.29, 0.717) is 12.3 Å². The summed E-state index contributed by atoms with van der Waals surface area (Å²) < 4.78 is 0. The molecule has 0 aliphatic carbocycles. The van der Waals surface area contributed by atoms with E-state index in [4.69, 9.17) is 0 Å². The number of fused-ring (bicyclic) bond motifs is 1. The Labute approximate surface area is 125 Å². The molecule has 2 N–H and O–H groups in total. The fourth-order valence-corrected chi connectivity index (χ4v) is 3.10. The number of carbonyl (C=O) groups excluding carboxylic acids is 1. The van der Waals surface area contributed by atoms with Crippen LogP contribution in [0.2, 0.25) is 0 Å². The summed E-state index contributed by atoms with van der Waals surface area (Å²) in [6.45, 7) is 1.69. The van der Waals surface area contributed by atoms with E-state index in [0.717, 1.165) is 19.5 Å². The zero-order valence-corrected chi connectivity index (χ0v) is 13.0. The van der Waals surface area contributed by atoms with Crippen molar-refractivity contribution in [2.24, 2.45) is 0 Å². The summed E-state index contributed by atoms with van der Waals surface area (Å²) in [5, 5.41) is 6.41. The molecule has 1 heterocycles. The summed E-state index contributed by atoms with van der Waals surface area (Å²) in [5.41, 5.74) is 2.46. The molecule has 0 radical (unpaired) electrons. The number of para-hydroxylation sites is 1. The lowest BCUT2D eigenvalue weighted by Gasteiger charge is -2.10. The highest BCUT2D eigenvalue weighted by Crippen LogP contribution is 2.32. The molecule has 0 spiro atoms. The first-order chi connectivity index (χ1) is 9.81. The molecule has 110 valence electrons. The van der Waals surface area contributed by atoms with E-state index >= 15 is 0 Å². The lowest BCUT2D eigenvalue weighted by molar-refractivity contribution is -0.121. The first kappa shape index (κ1) is 15.2. The van der Waals surface area contributed by atoms with Crippen LogP contribution in [0.3, 0.4) is 0 Å². The predicted molar refractivity (Wildman–Crippen MR) is 87.5 cm³/mol. The lowest BCUT2D eigenvalue weighted by atomic mass is 9.97. The van der Waals surface area contributed by atoms with Crippen LogP contribution in [0, 0.1) is 0 Å². The van der Waals surface area contributed by atoms with Gasteiger partial charge in [-0.25, -0.2) is 0 Å². The van der Waals surface area contributed by atoms with Gasteiger partial charge < -0.3 is 10.6 Å². The van der Waals surface area contributed by atoms with Gasteiger partial charge in [-0.15, -0.1) is 0 Å². The van der Waals surface area contributed by atoms with Crippen molar-refractivity contribution in [3.8, 4) is 0 Å². The molecule has 2 rings (SSSR count). The largest absolute Gasteiger partial charge is 0.384 e. The molecule has 4 heteroatoms. The number of hydrogen-bond donors (Lipinski definition) is 2. The number of carbonyl (C=O) groups is 1. The number of amides is 1. The molecular formula is C16H24N2OS. The standard InChI is InChI=1S/C16H24N2OS/c1-20-10-6-2-5-9-17-16(19)11-13-12-18-15-8-4-3-7-14(13)15/h3-4,7-8,13,18H,2,5-6,9-12H2,1H3,(H,17,19). The molecular weight excluding hydrogens is 268 g/mol. The fraction of sp³-hybridized carbons (Fsp3) is 0.562. The number of nitrogens with one attached hydrogen (secondary N) is 2. The SMILES string of the molecule is CSCCCCCNC(=O)CC1CNc2ccccc21. The Balaban J connectivity index is 1.66. The van der Waals surface area contributed by atoms with Crippen LogP contribution >= 0.6 is 11.8 Å². The first-order valence-electron chi connectivity index (χ1n) is 7.39. The number of anilines is 1. The van der Waals surface area contributed by atoms with Crippen molar-refractivity contribution >= 4 is 23.4 Å². The highest BCUT2D eigenvalue weighted by molar-refractivity contribution is 7.98. The van der Waals surface area contributed by atoms with Crippen LogP contribution in [-0.2, 0) is 4.79 Å². The van der Waals surface area contributed by atoms with Crippen molar-refractivity contribution in [2.75, 3.05) is 30.4 Å². The Hall–Kier alpha value is -1.16. The lowest BCUT2D eigenvalue weighted by Crippen LogP contribution is -2.26. The van der Waals surface area contributed by atoms with Crippen LogP contribution < -0.4 is 10.6 Å². The van der Waals surface area contributed by atoms with Gasteiger partial charge in [0, 0.05) is 31.1 Å². The fourth-order valence-electron chi connectivity index (χ4n) is 2.61. The number of unbranched alkanes of at least 4 members (excludes halogenated alkanes) is 2. The van der Waals surface area contributed by atoms with Crippen LogP contribution in [0.25, 0.3) is 0 Å². The molecule has 1 atom stereocenters. The molecule has 1 amide bonds. The highest BCUT2D eigenvalue weighted by atomic mass is 32.2. The zero-order valence-electron chi connectivity index (χ0n) is 12.2. The van der Waals surface area contributed by atoms with Gasteiger partial charge in [0.2, 0.25) is 5.91 Å². The summed E-state index contributed by atoms with van der Waals surface area (Å²) in [6, 6.07) is 8.28. The Morgan fingerprint density at radius 2 is 2.20 bits per heavy atom. The van der Waals surface area contributed by atoms with Crippen molar-refractivity contribution in [2.45, 2.75) is 31.6 Å². The van der Waals surface area contributed by atoms with Gasteiger partial charge in [-0.1, -0.05) is 24.6 Å². The molecule has 1 aromatic rings. The van der Waals surface area contributed by atoms with Crippen LogP contribution in [0.5, 0.6) is 0 Å². The van der Waals surface area contributed by atoms with Crippen molar-refractivity contribution in [3.63, 3.8) is 0 Å². The number of rotatable bonds is 8. The molecule has 20 heavy (non-hydrogen) atoms. The van der Waals surface area contributed by atoms with E-state index < -0.39 is 0 Å². The molecule has 1 aliphatic rings. The topological polar surface area (TPSA) is 41.1 Å². The Morgan fingerprint density at radius 1 is 1.35 bits per heavy atom. The molecule has 1 aromatic carbocycles. The number of hydrogen-bond acceptors (Lipinski definition) is 3. The summed E-state index contributed by atoms with van der Waals surface area (Å²) >= 11 is 1.89. The van der Waals surface area contributed by atoms with Gasteiger partial charge in [0.1, 0.15) is 0 Å². The van der Waals surface area contributed by atoms with E-state index in [-0.39, 0.29) is 5.91 Å². The van der Waals surface area contributed by atoms with Crippen LogP contribution in [-0.4, -0.2) is 31.0 Å². The van der Waals surface area contributed by atoms with Crippen LogP contribution in [0.15, 0.2) is 24.3 Å². The van der Waals surface area contributed by atoms with E-state index in [2.05, 4.69) is 29.0 Å². The van der Waals surface area contributed by atoms with E-state index in [1.54, 1.807) is 0 Å². The third kappa shape index (κ3) is 4.44.